The maximum absolute atomic E-state index is 12.1. The van der Waals surface area contributed by atoms with E-state index in [9.17, 15) is 9.59 Å². The van der Waals surface area contributed by atoms with Gasteiger partial charge in [-0.25, -0.2) is 4.79 Å². The second-order valence-electron chi connectivity index (χ2n) is 5.54. The van der Waals surface area contributed by atoms with Gasteiger partial charge < -0.3 is 15.0 Å². The van der Waals surface area contributed by atoms with E-state index in [0.29, 0.717) is 23.6 Å². The summed E-state index contributed by atoms with van der Waals surface area (Å²) in [7, 11) is 3.43. The molecule has 1 aromatic rings. The van der Waals surface area contributed by atoms with Crippen LogP contribution in [0.25, 0.3) is 0 Å². The van der Waals surface area contributed by atoms with Crippen LogP contribution in [-0.2, 0) is 9.53 Å². The van der Waals surface area contributed by atoms with Crippen LogP contribution in [0.3, 0.4) is 0 Å². The summed E-state index contributed by atoms with van der Waals surface area (Å²) >= 11 is 0. The molecule has 1 aliphatic rings. The number of amides is 1. The molecule has 114 valence electrons. The van der Waals surface area contributed by atoms with E-state index in [4.69, 9.17) is 4.74 Å². The monoisotopic (exact) mass is 290 g/mol. The standard InChI is InChI=1S/C16H22N2O3/c1-18-9-7-12(8-10-18)11-15(19)17-14-6-4-3-5-13(14)16(20)21-2/h3-6,12H,7-11H2,1-2H3,(H,17,19). The fraction of sp³-hybridized carbons (Fsp3) is 0.500. The molecule has 2 rings (SSSR count). The van der Waals surface area contributed by atoms with Crippen molar-refractivity contribution >= 4 is 17.6 Å². The van der Waals surface area contributed by atoms with E-state index in [1.807, 2.05) is 0 Å². The summed E-state index contributed by atoms with van der Waals surface area (Å²) in [5.41, 5.74) is 0.902. The zero-order chi connectivity index (χ0) is 15.2. The van der Waals surface area contributed by atoms with Crippen molar-refractivity contribution in [2.75, 3.05) is 32.6 Å². The van der Waals surface area contributed by atoms with Gasteiger partial charge in [-0.1, -0.05) is 12.1 Å². The molecule has 0 bridgehead atoms. The molecule has 0 radical (unpaired) electrons. The SMILES string of the molecule is COC(=O)c1ccccc1NC(=O)CC1CCN(C)CC1. The van der Waals surface area contributed by atoms with Crippen molar-refractivity contribution < 1.29 is 14.3 Å². The number of anilines is 1. The maximum Gasteiger partial charge on any atom is 0.339 e. The Morgan fingerprint density at radius 2 is 1.95 bits per heavy atom. The van der Waals surface area contributed by atoms with Gasteiger partial charge in [0.05, 0.1) is 18.4 Å². The largest absolute Gasteiger partial charge is 0.465 e. The van der Waals surface area contributed by atoms with Crippen molar-refractivity contribution in [1.29, 1.82) is 0 Å². The van der Waals surface area contributed by atoms with Crippen LogP contribution in [0.2, 0.25) is 0 Å². The third-order valence-electron chi connectivity index (χ3n) is 3.92. The van der Waals surface area contributed by atoms with Crippen molar-refractivity contribution in [3.05, 3.63) is 29.8 Å². The molecular formula is C16H22N2O3. The molecule has 1 heterocycles. The molecule has 1 amide bonds. The quantitative estimate of drug-likeness (QED) is 0.863. The van der Waals surface area contributed by atoms with Gasteiger partial charge in [-0.05, 0) is 51.0 Å². The number of esters is 1. The van der Waals surface area contributed by atoms with Crippen molar-refractivity contribution in [1.82, 2.24) is 4.90 Å². The molecule has 1 aliphatic heterocycles. The van der Waals surface area contributed by atoms with Crippen LogP contribution in [0, 0.1) is 5.92 Å². The summed E-state index contributed by atoms with van der Waals surface area (Å²) in [5, 5.41) is 2.83. The Labute approximate surface area is 125 Å². The lowest BCUT2D eigenvalue weighted by Crippen LogP contribution is -2.32. The first-order valence-corrected chi connectivity index (χ1v) is 7.26. The topological polar surface area (TPSA) is 58.6 Å². The van der Waals surface area contributed by atoms with Gasteiger partial charge in [0.15, 0.2) is 0 Å². The van der Waals surface area contributed by atoms with E-state index in [-0.39, 0.29) is 5.91 Å². The highest BCUT2D eigenvalue weighted by Crippen LogP contribution is 2.21. The number of hydrogen-bond acceptors (Lipinski definition) is 4. The summed E-state index contributed by atoms with van der Waals surface area (Å²) in [5.74, 6) is -0.0578. The molecule has 0 unspecified atom stereocenters. The van der Waals surface area contributed by atoms with E-state index in [2.05, 4.69) is 17.3 Å². The average molecular weight is 290 g/mol. The Bertz CT molecular complexity index is 508. The summed E-state index contributed by atoms with van der Waals surface area (Å²) in [4.78, 5) is 26.1. The Morgan fingerprint density at radius 1 is 1.29 bits per heavy atom. The molecule has 0 spiro atoms. The molecule has 21 heavy (non-hydrogen) atoms. The van der Waals surface area contributed by atoms with Crippen molar-refractivity contribution in [3.8, 4) is 0 Å². The van der Waals surface area contributed by atoms with Crippen LogP contribution >= 0.6 is 0 Å². The number of nitrogens with one attached hydrogen (secondary N) is 1. The Morgan fingerprint density at radius 3 is 2.62 bits per heavy atom. The first kappa shape index (κ1) is 15.5. The summed E-state index contributed by atoms with van der Waals surface area (Å²) in [6.07, 6.45) is 2.59. The van der Waals surface area contributed by atoms with E-state index >= 15 is 0 Å². The Hall–Kier alpha value is -1.88. The van der Waals surface area contributed by atoms with Crippen LogP contribution in [0.4, 0.5) is 5.69 Å². The zero-order valence-electron chi connectivity index (χ0n) is 12.6. The second-order valence-corrected chi connectivity index (χ2v) is 5.54. The Balaban J connectivity index is 1.95. The molecule has 0 aliphatic carbocycles. The fourth-order valence-electron chi connectivity index (χ4n) is 2.61. The van der Waals surface area contributed by atoms with Crippen molar-refractivity contribution in [2.24, 2.45) is 5.92 Å². The smallest absolute Gasteiger partial charge is 0.339 e. The number of nitrogens with zero attached hydrogens (tertiary/aromatic N) is 1. The highest BCUT2D eigenvalue weighted by molar-refractivity contribution is 6.01. The molecule has 0 saturated carbocycles. The molecule has 0 atom stereocenters. The zero-order valence-corrected chi connectivity index (χ0v) is 12.6. The molecule has 1 N–H and O–H groups in total. The fourth-order valence-corrected chi connectivity index (χ4v) is 2.61. The van der Waals surface area contributed by atoms with Gasteiger partial charge in [-0.3, -0.25) is 4.79 Å². The number of carbonyl (C=O) groups excluding carboxylic acids is 2. The van der Waals surface area contributed by atoms with Crippen molar-refractivity contribution in [2.45, 2.75) is 19.3 Å². The average Bonchev–Trinajstić information content (AvgIpc) is 2.49. The molecular weight excluding hydrogens is 268 g/mol. The lowest BCUT2D eigenvalue weighted by molar-refractivity contribution is -0.117. The number of benzene rings is 1. The third kappa shape index (κ3) is 4.29. The second kappa shape index (κ2) is 7.22. The van der Waals surface area contributed by atoms with E-state index in [1.54, 1.807) is 24.3 Å². The molecule has 1 aromatic carbocycles. The highest BCUT2D eigenvalue weighted by atomic mass is 16.5. The predicted octanol–water partition coefficient (Wildman–Crippen LogP) is 2.14. The summed E-state index contributed by atoms with van der Waals surface area (Å²) < 4.78 is 4.72. The number of ether oxygens (including phenoxy) is 1. The number of carbonyl (C=O) groups is 2. The third-order valence-corrected chi connectivity index (χ3v) is 3.92. The van der Waals surface area contributed by atoms with Gasteiger partial charge in [0.2, 0.25) is 5.91 Å². The van der Waals surface area contributed by atoms with Gasteiger partial charge in [0.1, 0.15) is 0 Å². The van der Waals surface area contributed by atoms with Crippen LogP contribution in [0.15, 0.2) is 24.3 Å². The minimum absolute atomic E-state index is 0.0408. The molecule has 5 nitrogen and oxygen atoms in total. The first-order chi connectivity index (χ1) is 10.1. The number of para-hydroxylation sites is 1. The maximum atomic E-state index is 12.1. The highest BCUT2D eigenvalue weighted by Gasteiger charge is 2.20. The van der Waals surface area contributed by atoms with Gasteiger partial charge in [-0.15, -0.1) is 0 Å². The van der Waals surface area contributed by atoms with E-state index in [1.165, 1.54) is 7.11 Å². The predicted molar refractivity (Wildman–Crippen MR) is 81.2 cm³/mol. The van der Waals surface area contributed by atoms with Crippen LogP contribution < -0.4 is 5.32 Å². The number of hydrogen-bond donors (Lipinski definition) is 1. The van der Waals surface area contributed by atoms with Gasteiger partial charge in [0, 0.05) is 6.42 Å². The molecule has 0 aromatic heterocycles. The number of likely N-dealkylation sites (tertiary alicyclic amines) is 1. The lowest BCUT2D eigenvalue weighted by atomic mass is 9.93. The number of rotatable bonds is 4. The van der Waals surface area contributed by atoms with Gasteiger partial charge in [0.25, 0.3) is 0 Å². The first-order valence-electron chi connectivity index (χ1n) is 7.26. The van der Waals surface area contributed by atoms with E-state index < -0.39 is 5.97 Å². The van der Waals surface area contributed by atoms with Crippen LogP contribution in [-0.4, -0.2) is 44.0 Å². The van der Waals surface area contributed by atoms with Crippen LogP contribution in [0.5, 0.6) is 0 Å². The van der Waals surface area contributed by atoms with E-state index in [0.717, 1.165) is 25.9 Å². The summed E-state index contributed by atoms with van der Waals surface area (Å²) in [6, 6.07) is 6.91. The van der Waals surface area contributed by atoms with Crippen molar-refractivity contribution in [3.63, 3.8) is 0 Å². The van der Waals surface area contributed by atoms with Gasteiger partial charge in [-0.2, -0.15) is 0 Å². The van der Waals surface area contributed by atoms with Gasteiger partial charge >= 0.3 is 5.97 Å². The molecule has 5 heteroatoms. The minimum atomic E-state index is -0.440. The Kier molecular flexibility index (Phi) is 5.33. The number of piperidine rings is 1. The number of methoxy groups -OCH3 is 1. The molecule has 1 saturated heterocycles. The lowest BCUT2D eigenvalue weighted by Gasteiger charge is -2.28. The summed E-state index contributed by atoms with van der Waals surface area (Å²) in [6.45, 7) is 2.08. The van der Waals surface area contributed by atoms with Crippen LogP contribution in [0.1, 0.15) is 29.6 Å². The normalized spacial score (nSPS) is 16.5. The molecule has 1 fully saturated rings. The minimum Gasteiger partial charge on any atom is -0.465 e.